The van der Waals surface area contributed by atoms with Crippen molar-refractivity contribution < 1.29 is 4.79 Å². The fraction of sp³-hybridized carbons (Fsp3) is 0.875. The van der Waals surface area contributed by atoms with Gasteiger partial charge in [-0.3, -0.25) is 0 Å². The van der Waals surface area contributed by atoms with Crippen LogP contribution in [-0.4, -0.2) is 16.5 Å². The molecule has 0 aliphatic heterocycles. The lowest BCUT2D eigenvalue weighted by Crippen LogP contribution is -2.35. The first-order valence-corrected chi connectivity index (χ1v) is 4.22. The molecule has 0 spiro atoms. The van der Waals surface area contributed by atoms with Gasteiger partial charge < -0.3 is 11.3 Å². The highest BCUT2D eigenvalue weighted by Gasteiger charge is 2.29. The van der Waals surface area contributed by atoms with Crippen LogP contribution in [0.15, 0.2) is 0 Å². The molecule has 0 radical (unpaired) electrons. The van der Waals surface area contributed by atoms with Crippen molar-refractivity contribution in [3.05, 3.63) is 5.53 Å². The van der Waals surface area contributed by atoms with E-state index < -0.39 is 0 Å². The van der Waals surface area contributed by atoms with Crippen molar-refractivity contribution in [1.29, 1.82) is 0 Å². The molecule has 1 aliphatic carbocycles. The monoisotopic (exact) mass is 153 g/mol. The topological polar surface area (TPSA) is 62.4 Å². The Labute approximate surface area is 67.2 Å². The summed E-state index contributed by atoms with van der Waals surface area (Å²) in [6.07, 6.45) is 4.35. The fourth-order valence-corrected chi connectivity index (χ4v) is 1.71. The predicted octanol–water partition coefficient (Wildman–Crippen LogP) is 1.19. The zero-order valence-electron chi connectivity index (χ0n) is 6.95. The van der Waals surface area contributed by atoms with E-state index in [0.29, 0.717) is 5.92 Å². The largest absolute Gasteiger partial charge is 0.362 e. The molecule has 1 rings (SSSR count). The van der Waals surface area contributed by atoms with Gasteiger partial charge in [0.05, 0.1) is 5.92 Å². The Morgan fingerprint density at radius 1 is 1.64 bits per heavy atom. The lowest BCUT2D eigenvalue weighted by Gasteiger charge is -2.20. The molecule has 0 bridgehead atoms. The average Bonchev–Trinajstić information content (AvgIpc) is 2.04. The third-order valence-electron chi connectivity index (χ3n) is 2.39. The Morgan fingerprint density at radius 3 is 2.82 bits per heavy atom. The summed E-state index contributed by atoms with van der Waals surface area (Å²) >= 11 is 0. The van der Waals surface area contributed by atoms with Crippen LogP contribution in [0.3, 0.4) is 0 Å². The summed E-state index contributed by atoms with van der Waals surface area (Å²) in [4.78, 5) is 3.29. The van der Waals surface area contributed by atoms with E-state index in [9.17, 15) is 0 Å². The van der Waals surface area contributed by atoms with Crippen LogP contribution in [-0.2, 0) is 0 Å². The minimum absolute atomic E-state index is 0.126. The van der Waals surface area contributed by atoms with Gasteiger partial charge in [0.25, 0.3) is 5.71 Å². The number of hydrogen-bond donors (Lipinski definition) is 1. The van der Waals surface area contributed by atoms with Crippen LogP contribution in [0.25, 0.3) is 5.53 Å². The molecule has 1 aliphatic rings. The van der Waals surface area contributed by atoms with E-state index in [1.807, 2.05) is 6.92 Å². The highest BCUT2D eigenvalue weighted by Crippen LogP contribution is 2.22. The maximum atomic E-state index is 8.64. The summed E-state index contributed by atoms with van der Waals surface area (Å²) in [5.41, 5.74) is 15.3. The quantitative estimate of drug-likeness (QED) is 0.446. The molecule has 62 valence electrons. The van der Waals surface area contributed by atoms with Crippen molar-refractivity contribution in [2.45, 2.75) is 38.6 Å². The molecule has 0 saturated heterocycles. The molecule has 2 N–H and O–H groups in total. The summed E-state index contributed by atoms with van der Waals surface area (Å²) in [6.45, 7) is 1.97. The van der Waals surface area contributed by atoms with Gasteiger partial charge in [-0.05, 0) is 19.8 Å². The fourth-order valence-electron chi connectivity index (χ4n) is 1.71. The van der Waals surface area contributed by atoms with Gasteiger partial charge in [-0.15, -0.1) is 0 Å². The minimum atomic E-state index is 0.126. The van der Waals surface area contributed by atoms with Crippen molar-refractivity contribution >= 4 is 5.71 Å². The Kier molecular flexibility index (Phi) is 2.80. The molecule has 3 heteroatoms. The highest BCUT2D eigenvalue weighted by atomic mass is 14.9. The molecular weight excluding hydrogens is 138 g/mol. The maximum Gasteiger partial charge on any atom is 0.273 e. The molecule has 2 unspecified atom stereocenters. The highest BCUT2D eigenvalue weighted by molar-refractivity contribution is 5.82. The van der Waals surface area contributed by atoms with Gasteiger partial charge in [0.1, 0.15) is 0 Å². The molecule has 2 atom stereocenters. The zero-order valence-corrected chi connectivity index (χ0v) is 6.95. The van der Waals surface area contributed by atoms with E-state index >= 15 is 0 Å². The maximum absolute atomic E-state index is 8.64. The molecule has 1 saturated carbocycles. The smallest absolute Gasteiger partial charge is 0.273 e. The third-order valence-corrected chi connectivity index (χ3v) is 2.39. The second kappa shape index (κ2) is 3.65. The molecular formula is C8H15N3. The van der Waals surface area contributed by atoms with E-state index in [4.69, 9.17) is 11.3 Å². The van der Waals surface area contributed by atoms with Crippen LogP contribution in [0, 0.1) is 5.92 Å². The number of rotatable bonds is 1. The first-order chi connectivity index (χ1) is 5.25. The first kappa shape index (κ1) is 8.44. The standard InChI is InChI=1S/C8H15N3/c1-6(9)7-4-2-3-5-8(7)11-10/h6-7H,2-5,9H2,1H3. The van der Waals surface area contributed by atoms with Crippen LogP contribution in [0.4, 0.5) is 0 Å². The van der Waals surface area contributed by atoms with Gasteiger partial charge in [0.15, 0.2) is 0 Å². The molecule has 1 fully saturated rings. The average molecular weight is 153 g/mol. The SMILES string of the molecule is CC(N)C1CCCCC1=[N+]=[N-]. The van der Waals surface area contributed by atoms with E-state index in [1.54, 1.807) is 0 Å². The van der Waals surface area contributed by atoms with E-state index in [1.165, 1.54) is 6.42 Å². The second-order valence-corrected chi connectivity index (χ2v) is 3.30. The third kappa shape index (κ3) is 1.88. The van der Waals surface area contributed by atoms with Crippen molar-refractivity contribution in [1.82, 2.24) is 0 Å². The summed E-state index contributed by atoms with van der Waals surface area (Å²) < 4.78 is 0. The molecule has 0 aromatic carbocycles. The normalized spacial score (nSPS) is 27.8. The van der Waals surface area contributed by atoms with Gasteiger partial charge >= 0.3 is 0 Å². The Morgan fingerprint density at radius 2 is 2.36 bits per heavy atom. The Hall–Kier alpha value is -0.660. The van der Waals surface area contributed by atoms with Crippen LogP contribution in [0.1, 0.15) is 32.6 Å². The Balaban J connectivity index is 2.67. The van der Waals surface area contributed by atoms with Crippen molar-refractivity contribution in [3.8, 4) is 0 Å². The molecule has 3 nitrogen and oxygen atoms in total. The molecule has 0 aromatic heterocycles. The van der Waals surface area contributed by atoms with Crippen LogP contribution in [0.5, 0.6) is 0 Å². The lowest BCUT2D eigenvalue weighted by molar-refractivity contribution is -0.0196. The van der Waals surface area contributed by atoms with Crippen molar-refractivity contribution in [3.63, 3.8) is 0 Å². The molecule has 0 heterocycles. The molecule has 0 aromatic rings. The van der Waals surface area contributed by atoms with E-state index in [-0.39, 0.29) is 6.04 Å². The van der Waals surface area contributed by atoms with Crippen LogP contribution < -0.4 is 5.73 Å². The first-order valence-electron chi connectivity index (χ1n) is 4.22. The zero-order chi connectivity index (χ0) is 8.27. The van der Waals surface area contributed by atoms with Crippen molar-refractivity contribution in [2.75, 3.05) is 0 Å². The molecule has 0 amide bonds. The summed E-state index contributed by atoms with van der Waals surface area (Å²) in [7, 11) is 0. The minimum Gasteiger partial charge on any atom is -0.362 e. The number of nitrogens with two attached hydrogens (primary N) is 1. The lowest BCUT2D eigenvalue weighted by atomic mass is 9.83. The summed E-state index contributed by atoms with van der Waals surface area (Å²) in [5.74, 6) is 0.314. The Bertz CT molecular complexity index is 180. The van der Waals surface area contributed by atoms with Gasteiger partial charge in [-0.1, -0.05) is 6.42 Å². The van der Waals surface area contributed by atoms with Crippen molar-refractivity contribution in [2.24, 2.45) is 11.7 Å². The number of hydrogen-bond acceptors (Lipinski definition) is 1. The number of nitrogens with zero attached hydrogens (tertiary/aromatic N) is 2. The van der Waals surface area contributed by atoms with Crippen LogP contribution in [0.2, 0.25) is 0 Å². The van der Waals surface area contributed by atoms with Gasteiger partial charge in [-0.25, -0.2) is 0 Å². The van der Waals surface area contributed by atoms with Gasteiger partial charge in [0.2, 0.25) is 0 Å². The summed E-state index contributed by atoms with van der Waals surface area (Å²) in [6, 6.07) is 0.126. The second-order valence-electron chi connectivity index (χ2n) is 3.30. The van der Waals surface area contributed by atoms with Gasteiger partial charge in [-0.2, -0.15) is 4.79 Å². The van der Waals surface area contributed by atoms with E-state index in [0.717, 1.165) is 25.0 Å². The van der Waals surface area contributed by atoms with Crippen LogP contribution >= 0.6 is 0 Å². The molecule has 11 heavy (non-hydrogen) atoms. The predicted molar refractivity (Wildman–Crippen MR) is 44.2 cm³/mol. The van der Waals surface area contributed by atoms with Gasteiger partial charge in [0, 0.05) is 12.5 Å². The summed E-state index contributed by atoms with van der Waals surface area (Å²) in [5, 5.41) is 0. The van der Waals surface area contributed by atoms with E-state index in [2.05, 4.69) is 4.79 Å².